The molecule has 1 amide bonds. The molecule has 1 fully saturated rings. The average Bonchev–Trinajstić information content (AvgIpc) is 2.83. The van der Waals surface area contributed by atoms with Crippen molar-refractivity contribution in [2.24, 2.45) is 5.41 Å². The number of fused-ring (bicyclic) bond motifs is 1. The maximum absolute atomic E-state index is 13.8. The number of nitrogens with zero attached hydrogens (tertiary/aromatic N) is 2. The van der Waals surface area contributed by atoms with Gasteiger partial charge >= 0.3 is 5.97 Å². The summed E-state index contributed by atoms with van der Waals surface area (Å²) in [6, 6.07) is 13.2. The molecule has 1 atom stereocenters. The minimum atomic E-state index is -0.877. The molecule has 6 nitrogen and oxygen atoms in total. The normalized spacial score (nSPS) is 16.0. The van der Waals surface area contributed by atoms with Crippen molar-refractivity contribution >= 4 is 56.1 Å². The van der Waals surface area contributed by atoms with Crippen molar-refractivity contribution in [3.63, 3.8) is 0 Å². The van der Waals surface area contributed by atoms with Gasteiger partial charge in [0.25, 0.3) is 5.91 Å². The monoisotopic (exact) mass is 585 g/mol. The van der Waals surface area contributed by atoms with Gasteiger partial charge in [0.15, 0.2) is 0 Å². The van der Waals surface area contributed by atoms with Crippen LogP contribution >= 0.6 is 27.5 Å². The smallest absolute Gasteiger partial charge is 0.303 e. The number of aliphatic carboxylic acids is 1. The van der Waals surface area contributed by atoms with Gasteiger partial charge in [-0.2, -0.15) is 0 Å². The average molecular weight is 587 g/mol. The fourth-order valence-corrected chi connectivity index (χ4v) is 5.95. The van der Waals surface area contributed by atoms with Gasteiger partial charge in [-0.05, 0) is 61.4 Å². The predicted molar refractivity (Wildman–Crippen MR) is 153 cm³/mol. The Morgan fingerprint density at radius 2 is 2.00 bits per heavy atom. The number of nitrogens with one attached hydrogen (secondary N) is 1. The molecular weight excluding hydrogens is 554 g/mol. The van der Waals surface area contributed by atoms with E-state index in [1.165, 1.54) is 0 Å². The zero-order chi connectivity index (χ0) is 26.7. The lowest BCUT2D eigenvalue weighted by Gasteiger charge is -2.39. The number of benzene rings is 2. The molecule has 0 spiro atoms. The van der Waals surface area contributed by atoms with Crippen molar-refractivity contribution in [3.8, 4) is 0 Å². The summed E-state index contributed by atoms with van der Waals surface area (Å²) in [6.07, 6.45) is 2.60. The fourth-order valence-electron chi connectivity index (χ4n) is 5.30. The molecule has 1 saturated heterocycles. The first-order chi connectivity index (χ1) is 17.6. The van der Waals surface area contributed by atoms with Crippen molar-refractivity contribution in [1.29, 1.82) is 0 Å². The lowest BCUT2D eigenvalue weighted by molar-refractivity contribution is -0.137. The molecule has 1 aromatic heterocycles. The van der Waals surface area contributed by atoms with Crippen LogP contribution in [-0.2, 0) is 4.79 Å². The molecule has 0 radical (unpaired) electrons. The summed E-state index contributed by atoms with van der Waals surface area (Å²) < 4.78 is 0.873. The molecule has 0 bridgehead atoms. The number of pyridine rings is 1. The van der Waals surface area contributed by atoms with Crippen molar-refractivity contribution in [3.05, 3.63) is 68.7 Å². The zero-order valence-electron chi connectivity index (χ0n) is 21.5. The molecule has 37 heavy (non-hydrogen) atoms. The molecular formula is C29H33BrClN3O3. The van der Waals surface area contributed by atoms with E-state index in [2.05, 4.69) is 40.0 Å². The van der Waals surface area contributed by atoms with Crippen LogP contribution in [-0.4, -0.2) is 41.6 Å². The molecule has 1 aliphatic rings. The summed E-state index contributed by atoms with van der Waals surface area (Å²) >= 11 is 9.98. The molecule has 4 rings (SSSR count). The molecule has 196 valence electrons. The van der Waals surface area contributed by atoms with Crippen molar-refractivity contribution in [1.82, 2.24) is 10.3 Å². The highest BCUT2D eigenvalue weighted by molar-refractivity contribution is 9.10. The van der Waals surface area contributed by atoms with Crippen molar-refractivity contribution < 1.29 is 14.7 Å². The molecule has 2 aromatic carbocycles. The topological polar surface area (TPSA) is 82.5 Å². The number of hydrogen-bond acceptors (Lipinski definition) is 4. The predicted octanol–water partition coefficient (Wildman–Crippen LogP) is 6.96. The second kappa shape index (κ2) is 11.4. The number of carboxylic acid groups (broad SMARTS) is 1. The van der Waals surface area contributed by atoms with E-state index in [4.69, 9.17) is 16.6 Å². The Labute approximate surface area is 231 Å². The van der Waals surface area contributed by atoms with E-state index in [0.29, 0.717) is 17.0 Å². The van der Waals surface area contributed by atoms with Gasteiger partial charge in [0, 0.05) is 52.4 Å². The number of carbonyl (C=O) groups excluding carboxylic acids is 1. The molecule has 3 aromatic rings. The number of aromatic nitrogens is 1. The van der Waals surface area contributed by atoms with E-state index in [9.17, 15) is 14.7 Å². The van der Waals surface area contributed by atoms with E-state index in [1.54, 1.807) is 6.07 Å². The van der Waals surface area contributed by atoms with E-state index in [0.717, 1.165) is 58.3 Å². The molecule has 1 aliphatic heterocycles. The number of carbonyl (C=O) groups is 2. The first-order valence-corrected chi connectivity index (χ1v) is 13.8. The lowest BCUT2D eigenvalue weighted by Crippen LogP contribution is -2.41. The van der Waals surface area contributed by atoms with Crippen LogP contribution in [0.4, 0.5) is 5.82 Å². The van der Waals surface area contributed by atoms with Crippen molar-refractivity contribution in [2.75, 3.05) is 24.5 Å². The van der Waals surface area contributed by atoms with Crippen LogP contribution in [0.2, 0.25) is 5.02 Å². The Balaban J connectivity index is 1.69. The standard InChI is InChI=1S/C29H33BrClN3O3/c1-18-26(28(37)32-16-19(9-12-25(35)36)21-7-4-5-8-23(21)31)22-15-20(30)10-11-24(22)33-27(18)34-14-6-13-29(2,3)17-34/h4-5,7-8,10-11,15,19H,6,9,12-14,16-17H2,1-3H3,(H,32,37)(H,35,36). The molecule has 2 N–H and O–H groups in total. The number of carboxylic acids is 1. The number of halogens is 2. The summed E-state index contributed by atoms with van der Waals surface area (Å²) in [5.74, 6) is -0.455. The highest BCUT2D eigenvalue weighted by Crippen LogP contribution is 2.36. The maximum atomic E-state index is 13.8. The summed E-state index contributed by atoms with van der Waals surface area (Å²) in [5.41, 5.74) is 3.23. The number of piperidine rings is 1. The Kier molecular flexibility index (Phi) is 8.44. The third-order valence-electron chi connectivity index (χ3n) is 7.15. The summed E-state index contributed by atoms with van der Waals surface area (Å²) in [5, 5.41) is 13.7. The Bertz CT molecular complexity index is 1330. The quantitative estimate of drug-likeness (QED) is 0.298. The third kappa shape index (κ3) is 6.44. The minimum Gasteiger partial charge on any atom is -0.481 e. The van der Waals surface area contributed by atoms with Gasteiger partial charge in [0.05, 0.1) is 11.1 Å². The first-order valence-electron chi connectivity index (χ1n) is 12.6. The van der Waals surface area contributed by atoms with Gasteiger partial charge in [-0.1, -0.05) is 59.6 Å². The first kappa shape index (κ1) is 27.4. The van der Waals surface area contributed by atoms with Gasteiger partial charge in [0.1, 0.15) is 5.82 Å². The van der Waals surface area contributed by atoms with Gasteiger partial charge in [-0.15, -0.1) is 0 Å². The minimum absolute atomic E-state index is 0.00911. The SMILES string of the molecule is Cc1c(N2CCCC(C)(C)C2)nc2ccc(Br)cc2c1C(=O)NCC(CCC(=O)O)c1ccccc1Cl. The fraction of sp³-hybridized carbons (Fsp3) is 0.414. The molecule has 0 aliphatic carbocycles. The van der Waals surface area contributed by atoms with E-state index in [-0.39, 0.29) is 30.2 Å². The number of anilines is 1. The highest BCUT2D eigenvalue weighted by atomic mass is 79.9. The Hall–Kier alpha value is -2.64. The van der Waals surface area contributed by atoms with Crippen LogP contribution < -0.4 is 10.2 Å². The van der Waals surface area contributed by atoms with E-state index >= 15 is 0 Å². The van der Waals surface area contributed by atoms with E-state index in [1.807, 2.05) is 43.3 Å². The van der Waals surface area contributed by atoms with Gasteiger partial charge in [0.2, 0.25) is 0 Å². The Morgan fingerprint density at radius 3 is 2.70 bits per heavy atom. The van der Waals surface area contributed by atoms with Crippen LogP contribution in [0.5, 0.6) is 0 Å². The van der Waals surface area contributed by atoms with Crippen LogP contribution in [0.1, 0.15) is 66.9 Å². The second-order valence-corrected chi connectivity index (χ2v) is 12.0. The van der Waals surface area contributed by atoms with Gasteiger partial charge in [-0.3, -0.25) is 9.59 Å². The molecule has 2 heterocycles. The van der Waals surface area contributed by atoms with E-state index < -0.39 is 5.97 Å². The number of hydrogen-bond donors (Lipinski definition) is 2. The maximum Gasteiger partial charge on any atom is 0.303 e. The van der Waals surface area contributed by atoms with Crippen LogP contribution in [0.3, 0.4) is 0 Å². The van der Waals surface area contributed by atoms with Gasteiger partial charge in [-0.25, -0.2) is 4.98 Å². The molecule has 0 saturated carbocycles. The zero-order valence-corrected chi connectivity index (χ0v) is 23.8. The van der Waals surface area contributed by atoms with Gasteiger partial charge < -0.3 is 15.3 Å². The highest BCUT2D eigenvalue weighted by Gasteiger charge is 2.30. The molecule has 1 unspecified atom stereocenters. The second-order valence-electron chi connectivity index (χ2n) is 10.6. The Morgan fingerprint density at radius 1 is 1.24 bits per heavy atom. The lowest BCUT2D eigenvalue weighted by atomic mass is 9.84. The summed E-state index contributed by atoms with van der Waals surface area (Å²) in [7, 11) is 0. The summed E-state index contributed by atoms with van der Waals surface area (Å²) in [6.45, 7) is 8.57. The summed E-state index contributed by atoms with van der Waals surface area (Å²) in [4.78, 5) is 32.4. The molecule has 8 heteroatoms. The van der Waals surface area contributed by atoms with Crippen LogP contribution in [0, 0.1) is 12.3 Å². The number of rotatable bonds is 8. The number of amides is 1. The van der Waals surface area contributed by atoms with Crippen LogP contribution in [0.25, 0.3) is 10.9 Å². The third-order valence-corrected chi connectivity index (χ3v) is 7.99. The van der Waals surface area contributed by atoms with Crippen molar-refractivity contribution in [2.45, 2.75) is 52.4 Å². The van der Waals surface area contributed by atoms with Crippen LogP contribution in [0.15, 0.2) is 46.9 Å². The largest absolute Gasteiger partial charge is 0.481 e.